The van der Waals surface area contributed by atoms with Crippen LogP contribution in [0.4, 0.5) is 4.39 Å². The average Bonchev–Trinajstić information content (AvgIpc) is 3.16. The predicted octanol–water partition coefficient (Wildman–Crippen LogP) is 6.39. The van der Waals surface area contributed by atoms with Gasteiger partial charge < -0.3 is 9.84 Å². The maximum absolute atomic E-state index is 13.1. The highest BCUT2D eigenvalue weighted by Crippen LogP contribution is 2.28. The van der Waals surface area contributed by atoms with Crippen LogP contribution in [0.2, 0.25) is 0 Å². The number of aryl methyl sites for hydroxylation is 2. The molecule has 6 nitrogen and oxygen atoms in total. The molecular formula is C28H22FN3O3. The van der Waals surface area contributed by atoms with Gasteiger partial charge in [-0.3, -0.25) is 4.68 Å². The van der Waals surface area contributed by atoms with Crippen LogP contribution < -0.4 is 4.74 Å². The lowest BCUT2D eigenvalue weighted by atomic mass is 10.0. The molecular weight excluding hydrogens is 445 g/mol. The molecule has 2 heterocycles. The molecule has 5 aromatic rings. The number of rotatable bonds is 6. The molecule has 0 spiro atoms. The molecule has 3 aromatic carbocycles. The summed E-state index contributed by atoms with van der Waals surface area (Å²) >= 11 is 0. The standard InChI is InChI=1S/C28H22FN3O3/c1-17-3-7-20(8-4-17)25-15-24(28(33)34)26-18(2)32(31-27(26)30-25)16-19-5-11-22(12-6-19)35-23-13-9-21(29)10-14-23/h3-15H,16H2,1-2H3,(H,33,34). The van der Waals surface area contributed by atoms with E-state index < -0.39 is 5.97 Å². The molecule has 0 unspecified atom stereocenters. The van der Waals surface area contributed by atoms with Crippen molar-refractivity contribution in [3.63, 3.8) is 0 Å². The number of pyridine rings is 1. The summed E-state index contributed by atoms with van der Waals surface area (Å²) < 4.78 is 20.6. The molecule has 5 rings (SSSR count). The molecule has 0 fully saturated rings. The Morgan fingerprint density at radius 3 is 2.20 bits per heavy atom. The first-order valence-electron chi connectivity index (χ1n) is 11.1. The number of ether oxygens (including phenoxy) is 1. The molecule has 0 amide bonds. The van der Waals surface area contributed by atoms with Gasteiger partial charge in [0, 0.05) is 11.3 Å². The van der Waals surface area contributed by atoms with Crippen LogP contribution in [-0.4, -0.2) is 25.8 Å². The number of hydrogen-bond donors (Lipinski definition) is 1. The second-order valence-corrected chi connectivity index (χ2v) is 8.37. The van der Waals surface area contributed by atoms with Crippen molar-refractivity contribution >= 4 is 17.0 Å². The van der Waals surface area contributed by atoms with Gasteiger partial charge in [-0.2, -0.15) is 5.10 Å². The third kappa shape index (κ3) is 4.61. The number of carbonyl (C=O) groups is 1. The Bertz CT molecular complexity index is 1520. The molecule has 0 saturated heterocycles. The number of halogens is 1. The van der Waals surface area contributed by atoms with Gasteiger partial charge in [-0.1, -0.05) is 42.0 Å². The summed E-state index contributed by atoms with van der Waals surface area (Å²) in [5.74, 6) is -0.165. The number of nitrogens with zero attached hydrogens (tertiary/aromatic N) is 3. The van der Waals surface area contributed by atoms with E-state index in [2.05, 4.69) is 10.1 Å². The Morgan fingerprint density at radius 1 is 0.943 bits per heavy atom. The summed E-state index contributed by atoms with van der Waals surface area (Å²) in [6.45, 7) is 4.29. The van der Waals surface area contributed by atoms with Crippen LogP contribution in [0.1, 0.15) is 27.2 Å². The fourth-order valence-corrected chi connectivity index (χ4v) is 3.95. The number of hydrogen-bond acceptors (Lipinski definition) is 4. The fourth-order valence-electron chi connectivity index (χ4n) is 3.95. The number of aromatic carboxylic acids is 1. The minimum atomic E-state index is -1.02. The van der Waals surface area contributed by atoms with E-state index in [4.69, 9.17) is 4.74 Å². The lowest BCUT2D eigenvalue weighted by molar-refractivity contribution is 0.0699. The second-order valence-electron chi connectivity index (χ2n) is 8.37. The Labute approximate surface area is 201 Å². The van der Waals surface area contributed by atoms with E-state index in [1.54, 1.807) is 22.9 Å². The highest BCUT2D eigenvalue weighted by molar-refractivity contribution is 6.04. The zero-order valence-corrected chi connectivity index (χ0v) is 19.2. The monoisotopic (exact) mass is 467 g/mol. The lowest BCUT2D eigenvalue weighted by Crippen LogP contribution is -2.04. The second kappa shape index (κ2) is 9.02. The van der Waals surface area contributed by atoms with Gasteiger partial charge >= 0.3 is 5.97 Å². The molecule has 174 valence electrons. The van der Waals surface area contributed by atoms with Crippen molar-refractivity contribution in [1.82, 2.24) is 14.8 Å². The summed E-state index contributed by atoms with van der Waals surface area (Å²) in [5, 5.41) is 15.0. The number of fused-ring (bicyclic) bond motifs is 1. The smallest absolute Gasteiger partial charge is 0.336 e. The number of carboxylic acids is 1. The molecule has 0 aliphatic carbocycles. The van der Waals surface area contributed by atoms with Crippen molar-refractivity contribution in [2.24, 2.45) is 0 Å². The van der Waals surface area contributed by atoms with Crippen molar-refractivity contribution in [3.8, 4) is 22.8 Å². The first-order chi connectivity index (χ1) is 16.9. The normalized spacial score (nSPS) is 11.1. The van der Waals surface area contributed by atoms with Gasteiger partial charge in [0.2, 0.25) is 0 Å². The van der Waals surface area contributed by atoms with Crippen molar-refractivity contribution in [2.45, 2.75) is 20.4 Å². The summed E-state index contributed by atoms with van der Waals surface area (Å²) in [6.07, 6.45) is 0. The highest BCUT2D eigenvalue weighted by atomic mass is 19.1. The first-order valence-corrected chi connectivity index (χ1v) is 11.1. The van der Waals surface area contributed by atoms with E-state index in [1.165, 1.54) is 12.1 Å². The Morgan fingerprint density at radius 2 is 1.57 bits per heavy atom. The van der Waals surface area contributed by atoms with Crippen LogP contribution >= 0.6 is 0 Å². The molecule has 0 aliphatic rings. The van der Waals surface area contributed by atoms with Crippen LogP contribution in [0, 0.1) is 19.7 Å². The number of carboxylic acid groups (broad SMARTS) is 1. The van der Waals surface area contributed by atoms with Crippen LogP contribution in [-0.2, 0) is 6.54 Å². The van der Waals surface area contributed by atoms with E-state index in [1.807, 2.05) is 62.4 Å². The molecule has 0 atom stereocenters. The topological polar surface area (TPSA) is 77.2 Å². The van der Waals surface area contributed by atoms with E-state index in [9.17, 15) is 14.3 Å². The Balaban J connectivity index is 1.45. The van der Waals surface area contributed by atoms with Crippen LogP contribution in [0.25, 0.3) is 22.3 Å². The maximum Gasteiger partial charge on any atom is 0.336 e. The maximum atomic E-state index is 13.1. The summed E-state index contributed by atoms with van der Waals surface area (Å²) in [6, 6.07) is 22.7. The van der Waals surface area contributed by atoms with Crippen molar-refractivity contribution in [3.05, 3.63) is 107 Å². The zero-order valence-electron chi connectivity index (χ0n) is 19.2. The van der Waals surface area contributed by atoms with E-state index in [0.29, 0.717) is 34.8 Å². The summed E-state index contributed by atoms with van der Waals surface area (Å²) in [5.41, 5.74) is 4.79. The third-order valence-electron chi connectivity index (χ3n) is 5.85. The molecule has 35 heavy (non-hydrogen) atoms. The van der Waals surface area contributed by atoms with Gasteiger partial charge in [0.1, 0.15) is 17.3 Å². The SMILES string of the molecule is Cc1ccc(-c2cc(C(=O)O)c3c(C)n(Cc4ccc(Oc5ccc(F)cc5)cc4)nc3n2)cc1. The van der Waals surface area contributed by atoms with E-state index in [-0.39, 0.29) is 11.4 Å². The summed E-state index contributed by atoms with van der Waals surface area (Å²) in [7, 11) is 0. The molecule has 0 bridgehead atoms. The zero-order chi connectivity index (χ0) is 24.5. The van der Waals surface area contributed by atoms with E-state index in [0.717, 1.165) is 22.4 Å². The fraction of sp³-hybridized carbons (Fsp3) is 0.107. The highest BCUT2D eigenvalue weighted by Gasteiger charge is 2.19. The molecule has 7 heteroatoms. The van der Waals surface area contributed by atoms with Gasteiger partial charge in [0.25, 0.3) is 0 Å². The molecule has 2 aromatic heterocycles. The molecule has 1 N–H and O–H groups in total. The Kier molecular flexibility index (Phi) is 5.74. The van der Waals surface area contributed by atoms with Gasteiger partial charge in [-0.05, 0) is 61.9 Å². The number of aromatic nitrogens is 3. The minimum Gasteiger partial charge on any atom is -0.478 e. The van der Waals surface area contributed by atoms with Gasteiger partial charge in [-0.25, -0.2) is 14.2 Å². The van der Waals surface area contributed by atoms with Gasteiger partial charge in [0.05, 0.1) is 23.2 Å². The van der Waals surface area contributed by atoms with E-state index >= 15 is 0 Å². The molecule has 0 saturated carbocycles. The summed E-state index contributed by atoms with van der Waals surface area (Å²) in [4.78, 5) is 16.7. The van der Waals surface area contributed by atoms with Crippen molar-refractivity contribution in [2.75, 3.05) is 0 Å². The lowest BCUT2D eigenvalue weighted by Gasteiger charge is -2.08. The average molecular weight is 468 g/mol. The quantitative estimate of drug-likeness (QED) is 0.313. The van der Waals surface area contributed by atoms with Crippen LogP contribution in [0.15, 0.2) is 78.9 Å². The first kappa shape index (κ1) is 22.3. The van der Waals surface area contributed by atoms with Crippen molar-refractivity contribution < 1.29 is 19.0 Å². The minimum absolute atomic E-state index is 0.178. The third-order valence-corrected chi connectivity index (χ3v) is 5.85. The number of benzene rings is 3. The van der Waals surface area contributed by atoms with Crippen molar-refractivity contribution in [1.29, 1.82) is 0 Å². The Hall–Kier alpha value is -4.52. The molecule has 0 radical (unpaired) electrons. The molecule has 0 aliphatic heterocycles. The van der Waals surface area contributed by atoms with Gasteiger partial charge in [-0.15, -0.1) is 0 Å². The van der Waals surface area contributed by atoms with Crippen LogP contribution in [0.5, 0.6) is 11.5 Å². The largest absolute Gasteiger partial charge is 0.478 e. The predicted molar refractivity (Wildman–Crippen MR) is 131 cm³/mol. The van der Waals surface area contributed by atoms with Gasteiger partial charge in [0.15, 0.2) is 5.65 Å². The van der Waals surface area contributed by atoms with Crippen LogP contribution in [0.3, 0.4) is 0 Å².